The summed E-state index contributed by atoms with van der Waals surface area (Å²) in [5, 5.41) is 13.3. The van der Waals surface area contributed by atoms with Gasteiger partial charge < -0.3 is 5.32 Å². The highest BCUT2D eigenvalue weighted by Gasteiger charge is 2.45. The van der Waals surface area contributed by atoms with Gasteiger partial charge in [0.15, 0.2) is 0 Å². The first-order valence-corrected chi connectivity index (χ1v) is 5.34. The van der Waals surface area contributed by atoms with Crippen LogP contribution in [0.2, 0.25) is 0 Å². The monoisotopic (exact) mass is 195 g/mol. The van der Waals surface area contributed by atoms with Gasteiger partial charge in [-0.15, -0.1) is 0 Å². The molecular formula is C10H17N3O. The Labute approximate surface area is 84.0 Å². The number of rotatable bonds is 1. The van der Waals surface area contributed by atoms with Gasteiger partial charge in [0.1, 0.15) is 5.84 Å². The predicted octanol–water partition coefficient (Wildman–Crippen LogP) is 1.62. The summed E-state index contributed by atoms with van der Waals surface area (Å²) in [6, 6.07) is -0.202. The lowest BCUT2D eigenvalue weighted by Crippen LogP contribution is -2.49. The molecule has 1 saturated heterocycles. The molecule has 2 unspecified atom stereocenters. The minimum Gasteiger partial charge on any atom is -0.325 e. The highest BCUT2D eigenvalue weighted by Crippen LogP contribution is 2.35. The molecule has 4 heteroatoms. The zero-order valence-electron chi connectivity index (χ0n) is 8.52. The smallest absolute Gasteiger partial charge is 0.321 e. The molecule has 14 heavy (non-hydrogen) atoms. The average Bonchev–Trinajstić information content (AvgIpc) is 2.42. The van der Waals surface area contributed by atoms with Crippen LogP contribution in [0, 0.1) is 11.3 Å². The molecule has 2 aliphatic rings. The average molecular weight is 195 g/mol. The fourth-order valence-corrected chi connectivity index (χ4v) is 2.62. The first-order valence-electron chi connectivity index (χ1n) is 5.34. The Hall–Kier alpha value is -1.06. The maximum atomic E-state index is 11.2. The summed E-state index contributed by atoms with van der Waals surface area (Å²) in [6.07, 6.45) is 5.34. The van der Waals surface area contributed by atoms with Gasteiger partial charge in [-0.25, -0.2) is 4.79 Å². The molecule has 0 aromatic heterocycles. The topological polar surface area (TPSA) is 65.0 Å². The number of amides is 2. The van der Waals surface area contributed by atoms with E-state index in [-0.39, 0.29) is 11.6 Å². The maximum Gasteiger partial charge on any atom is 0.321 e. The Kier molecular flexibility index (Phi) is 2.21. The minimum atomic E-state index is -0.351. The van der Waals surface area contributed by atoms with Crippen molar-refractivity contribution in [3.05, 3.63) is 0 Å². The fourth-order valence-electron chi connectivity index (χ4n) is 2.62. The van der Waals surface area contributed by atoms with Crippen molar-refractivity contribution in [2.75, 3.05) is 0 Å². The molecule has 1 heterocycles. The molecular weight excluding hydrogens is 178 g/mol. The van der Waals surface area contributed by atoms with Crippen molar-refractivity contribution in [2.24, 2.45) is 5.92 Å². The number of carbonyl (C=O) groups excluding carboxylic acids is 1. The van der Waals surface area contributed by atoms with Crippen molar-refractivity contribution >= 4 is 11.9 Å². The fraction of sp³-hybridized carbons (Fsp3) is 0.800. The second-order valence-electron chi connectivity index (χ2n) is 4.41. The normalized spacial score (nSPS) is 37.1. The van der Waals surface area contributed by atoms with Gasteiger partial charge in [-0.1, -0.05) is 26.2 Å². The van der Waals surface area contributed by atoms with Gasteiger partial charge in [0, 0.05) is 0 Å². The van der Waals surface area contributed by atoms with Gasteiger partial charge in [-0.2, -0.15) is 0 Å². The summed E-state index contributed by atoms with van der Waals surface area (Å²) in [4.78, 5) is 11.2. The quantitative estimate of drug-likeness (QED) is 0.584. The lowest BCUT2D eigenvalue weighted by atomic mass is 9.74. The third-order valence-electron chi connectivity index (χ3n) is 3.50. The van der Waals surface area contributed by atoms with E-state index in [2.05, 4.69) is 17.6 Å². The van der Waals surface area contributed by atoms with Crippen molar-refractivity contribution in [3.63, 3.8) is 0 Å². The van der Waals surface area contributed by atoms with Crippen molar-refractivity contribution in [1.82, 2.24) is 10.6 Å². The number of hydrogen-bond donors (Lipinski definition) is 3. The van der Waals surface area contributed by atoms with Crippen LogP contribution in [0.4, 0.5) is 4.79 Å². The molecule has 1 saturated carbocycles. The number of carbonyl (C=O) groups is 1. The summed E-state index contributed by atoms with van der Waals surface area (Å²) in [7, 11) is 0. The van der Waals surface area contributed by atoms with Crippen LogP contribution in [0.25, 0.3) is 0 Å². The van der Waals surface area contributed by atoms with E-state index in [0.29, 0.717) is 11.8 Å². The third-order valence-corrected chi connectivity index (χ3v) is 3.50. The number of nitrogens with one attached hydrogen (secondary N) is 3. The molecule has 3 N–H and O–H groups in total. The minimum absolute atomic E-state index is 0.202. The molecule has 0 bridgehead atoms. The van der Waals surface area contributed by atoms with Gasteiger partial charge in [-0.05, 0) is 18.8 Å². The van der Waals surface area contributed by atoms with Crippen molar-refractivity contribution in [2.45, 2.75) is 44.6 Å². The number of urea groups is 1. The van der Waals surface area contributed by atoms with E-state index in [1.54, 1.807) is 0 Å². The predicted molar refractivity (Wildman–Crippen MR) is 54.4 cm³/mol. The summed E-state index contributed by atoms with van der Waals surface area (Å²) in [5.74, 6) is 1.03. The Morgan fingerprint density at radius 1 is 1.64 bits per heavy atom. The van der Waals surface area contributed by atoms with Crippen LogP contribution in [0.15, 0.2) is 0 Å². The van der Waals surface area contributed by atoms with Crippen LogP contribution in [0.5, 0.6) is 0 Å². The molecule has 2 amide bonds. The van der Waals surface area contributed by atoms with Gasteiger partial charge >= 0.3 is 6.03 Å². The molecule has 78 valence electrons. The number of amidine groups is 1. The highest BCUT2D eigenvalue weighted by molar-refractivity contribution is 6.08. The molecule has 0 radical (unpaired) electrons. The van der Waals surface area contributed by atoms with E-state index in [1.807, 2.05) is 0 Å². The van der Waals surface area contributed by atoms with Crippen LogP contribution in [-0.2, 0) is 0 Å². The first-order chi connectivity index (χ1) is 6.66. The van der Waals surface area contributed by atoms with E-state index >= 15 is 0 Å². The highest BCUT2D eigenvalue weighted by atomic mass is 16.2. The second kappa shape index (κ2) is 3.26. The van der Waals surface area contributed by atoms with Gasteiger partial charge in [-0.3, -0.25) is 10.7 Å². The van der Waals surface area contributed by atoms with E-state index < -0.39 is 0 Å². The molecule has 1 aliphatic heterocycles. The Morgan fingerprint density at radius 3 is 3.00 bits per heavy atom. The zero-order valence-corrected chi connectivity index (χ0v) is 8.52. The van der Waals surface area contributed by atoms with Crippen LogP contribution >= 0.6 is 0 Å². The van der Waals surface area contributed by atoms with Crippen molar-refractivity contribution in [3.8, 4) is 0 Å². The summed E-state index contributed by atoms with van der Waals surface area (Å²) in [5.41, 5.74) is -0.351. The van der Waals surface area contributed by atoms with Gasteiger partial charge in [0.2, 0.25) is 0 Å². The molecule has 2 fully saturated rings. The number of hydrogen-bond acceptors (Lipinski definition) is 2. The standard InChI is InChI=1S/C10H17N3O/c1-2-7-4-3-5-10(6-7)8(11)12-9(14)13-10/h7H,2-6H2,1H3,(H3,11,12,13,14). The Balaban J connectivity index is 2.15. The lowest BCUT2D eigenvalue weighted by molar-refractivity contribution is 0.224. The summed E-state index contributed by atoms with van der Waals surface area (Å²) in [6.45, 7) is 2.18. The lowest BCUT2D eigenvalue weighted by Gasteiger charge is -2.36. The second-order valence-corrected chi connectivity index (χ2v) is 4.41. The first kappa shape index (κ1) is 9.49. The zero-order chi connectivity index (χ0) is 10.2. The summed E-state index contributed by atoms with van der Waals surface area (Å²) >= 11 is 0. The third kappa shape index (κ3) is 1.38. The summed E-state index contributed by atoms with van der Waals surface area (Å²) < 4.78 is 0. The van der Waals surface area contributed by atoms with Crippen LogP contribution in [0.1, 0.15) is 39.0 Å². The van der Waals surface area contributed by atoms with E-state index in [1.165, 1.54) is 6.42 Å². The Morgan fingerprint density at radius 2 is 2.43 bits per heavy atom. The molecule has 0 aromatic carbocycles. The maximum absolute atomic E-state index is 11.2. The van der Waals surface area contributed by atoms with E-state index in [4.69, 9.17) is 5.41 Å². The van der Waals surface area contributed by atoms with Crippen LogP contribution in [0.3, 0.4) is 0 Å². The van der Waals surface area contributed by atoms with Crippen molar-refractivity contribution < 1.29 is 4.79 Å². The molecule has 4 nitrogen and oxygen atoms in total. The molecule has 2 atom stereocenters. The molecule has 0 aromatic rings. The largest absolute Gasteiger partial charge is 0.325 e. The molecule has 1 spiro atoms. The Bertz CT molecular complexity index is 277. The van der Waals surface area contributed by atoms with E-state index in [0.717, 1.165) is 25.7 Å². The SMILES string of the molecule is CCC1CCCC2(C1)NC(=O)NC2=N. The molecule has 1 aliphatic carbocycles. The van der Waals surface area contributed by atoms with Gasteiger partial charge in [0.05, 0.1) is 5.54 Å². The van der Waals surface area contributed by atoms with Crippen LogP contribution in [-0.4, -0.2) is 17.4 Å². The van der Waals surface area contributed by atoms with E-state index in [9.17, 15) is 4.79 Å². The molecule has 2 rings (SSSR count). The van der Waals surface area contributed by atoms with Crippen molar-refractivity contribution in [1.29, 1.82) is 5.41 Å². The van der Waals surface area contributed by atoms with Gasteiger partial charge in [0.25, 0.3) is 0 Å². The van der Waals surface area contributed by atoms with Crippen LogP contribution < -0.4 is 10.6 Å².